The lowest BCUT2D eigenvalue weighted by atomic mass is 9.62. The zero-order valence-corrected chi connectivity index (χ0v) is 55.7. The van der Waals surface area contributed by atoms with Crippen LogP contribution in [-0.4, -0.2) is 18.3 Å². The Labute approximate surface area is 593 Å². The molecule has 6 heterocycles. The summed E-state index contributed by atoms with van der Waals surface area (Å²) in [6.45, 7) is 0. The minimum atomic E-state index is -0.794. The number of aromatic nitrogens is 4. The van der Waals surface area contributed by atoms with E-state index in [4.69, 9.17) is 9.47 Å². The van der Waals surface area contributed by atoms with E-state index in [1.165, 1.54) is 76.3 Å². The third-order valence-electron chi connectivity index (χ3n) is 22.1. The molecule has 2 aliphatic rings. The zero-order valence-electron chi connectivity index (χ0n) is 55.7. The van der Waals surface area contributed by atoms with Crippen LogP contribution in [0.25, 0.3) is 154 Å². The van der Waals surface area contributed by atoms with Crippen LogP contribution >= 0.6 is 0 Å². The SMILES string of the molecule is c1ccc(-n2c3ccccc3c3cc(-c4ccc5c(c4)c4cc(-c6ccc7c(c6)Oc6ccccc6C76c7ccccc7Oc7cc(-c8ccc9c(c8)c8cc(-c%10ccc%11c(c%10)c%10ccccc%10n%11-c%10ccccc%10)ccc8n9-c8ccccc8)ccc76)ccc4n5-c4ccccc4)ccc32)cc1. The number of ether oxygens (including phenoxy) is 2. The number of hydrogen-bond acceptors (Lipinski definition) is 2. The summed E-state index contributed by atoms with van der Waals surface area (Å²) >= 11 is 0. The zero-order chi connectivity index (χ0) is 67.4. The summed E-state index contributed by atoms with van der Waals surface area (Å²) in [4.78, 5) is 0. The summed E-state index contributed by atoms with van der Waals surface area (Å²) in [6, 6.07) is 133. The maximum atomic E-state index is 7.21. The van der Waals surface area contributed by atoms with Crippen molar-refractivity contribution in [1.29, 1.82) is 0 Å². The van der Waals surface area contributed by atoms with Crippen molar-refractivity contribution in [3.05, 3.63) is 386 Å². The maximum Gasteiger partial charge on any atom is 0.132 e. The number of rotatable bonds is 8. The Balaban J connectivity index is 0.670. The van der Waals surface area contributed by atoms with Crippen molar-refractivity contribution in [2.75, 3.05) is 0 Å². The van der Waals surface area contributed by atoms with Crippen LogP contribution in [0.1, 0.15) is 22.3 Å². The molecule has 480 valence electrons. The van der Waals surface area contributed by atoms with Gasteiger partial charge in [-0.2, -0.15) is 0 Å². The molecule has 0 unspecified atom stereocenters. The van der Waals surface area contributed by atoms with Crippen molar-refractivity contribution in [2.24, 2.45) is 0 Å². The summed E-state index contributed by atoms with van der Waals surface area (Å²) in [6.07, 6.45) is 0. The number of benzene rings is 16. The van der Waals surface area contributed by atoms with Crippen LogP contribution < -0.4 is 9.47 Å². The molecule has 0 amide bonds. The van der Waals surface area contributed by atoms with Crippen molar-refractivity contribution in [1.82, 2.24) is 18.3 Å². The number of hydrogen-bond donors (Lipinski definition) is 0. The average molecular weight is 1310 g/mol. The smallest absolute Gasteiger partial charge is 0.132 e. The Hall–Kier alpha value is -13.7. The maximum absolute atomic E-state index is 7.21. The van der Waals surface area contributed by atoms with Crippen molar-refractivity contribution in [3.63, 3.8) is 0 Å². The second-order valence-corrected chi connectivity index (χ2v) is 27.5. The van der Waals surface area contributed by atoms with Gasteiger partial charge < -0.3 is 27.7 Å². The van der Waals surface area contributed by atoms with Gasteiger partial charge in [-0.25, -0.2) is 0 Å². The quantitative estimate of drug-likeness (QED) is 0.152. The predicted molar refractivity (Wildman–Crippen MR) is 424 cm³/mol. The monoisotopic (exact) mass is 1310 g/mol. The minimum absolute atomic E-state index is 0.794. The first-order valence-electron chi connectivity index (χ1n) is 35.4. The Morgan fingerprint density at radius 3 is 0.699 bits per heavy atom. The van der Waals surface area contributed by atoms with Gasteiger partial charge in [0.1, 0.15) is 23.0 Å². The van der Waals surface area contributed by atoms with E-state index >= 15 is 0 Å². The molecular formula is C97H60N4O2. The number of nitrogens with zero attached hydrogens (tertiary/aromatic N) is 4. The van der Waals surface area contributed by atoms with Gasteiger partial charge >= 0.3 is 0 Å². The molecule has 1 spiro atoms. The summed E-state index contributed by atoms with van der Waals surface area (Å²) in [5.74, 6) is 3.24. The van der Waals surface area contributed by atoms with E-state index in [9.17, 15) is 0 Å². The van der Waals surface area contributed by atoms with Crippen LogP contribution in [0.3, 0.4) is 0 Å². The molecule has 0 N–H and O–H groups in total. The van der Waals surface area contributed by atoms with Crippen LogP contribution in [0.5, 0.6) is 23.0 Å². The van der Waals surface area contributed by atoms with Crippen molar-refractivity contribution in [3.8, 4) is 90.3 Å². The van der Waals surface area contributed by atoms with Crippen molar-refractivity contribution in [2.45, 2.75) is 5.41 Å². The number of para-hydroxylation sites is 8. The molecule has 0 fully saturated rings. The van der Waals surface area contributed by atoms with Gasteiger partial charge in [-0.15, -0.1) is 0 Å². The van der Waals surface area contributed by atoms with E-state index in [0.29, 0.717) is 0 Å². The fourth-order valence-corrected chi connectivity index (χ4v) is 17.5. The van der Waals surface area contributed by atoms with E-state index in [0.717, 1.165) is 123 Å². The highest BCUT2D eigenvalue weighted by Crippen LogP contribution is 2.62. The lowest BCUT2D eigenvalue weighted by Crippen LogP contribution is -2.36. The predicted octanol–water partition coefficient (Wildman–Crippen LogP) is 25.3. The van der Waals surface area contributed by atoms with E-state index in [1.807, 2.05) is 0 Å². The third kappa shape index (κ3) is 8.50. The first-order valence-corrected chi connectivity index (χ1v) is 35.4. The number of fused-ring (bicyclic) bond motifs is 20. The van der Waals surface area contributed by atoms with Crippen LogP contribution in [0.2, 0.25) is 0 Å². The molecule has 103 heavy (non-hydrogen) atoms. The van der Waals surface area contributed by atoms with E-state index < -0.39 is 5.41 Å². The van der Waals surface area contributed by atoms with Crippen LogP contribution in [0.15, 0.2) is 364 Å². The molecule has 16 aromatic carbocycles. The van der Waals surface area contributed by atoms with Gasteiger partial charge in [-0.3, -0.25) is 0 Å². The third-order valence-corrected chi connectivity index (χ3v) is 22.1. The Morgan fingerprint density at radius 1 is 0.165 bits per heavy atom. The van der Waals surface area contributed by atoms with Crippen LogP contribution in [-0.2, 0) is 5.41 Å². The van der Waals surface area contributed by atoms with Crippen molar-refractivity contribution >= 4 is 87.2 Å². The molecule has 4 aromatic heterocycles. The Kier molecular flexibility index (Phi) is 12.3. The largest absolute Gasteiger partial charge is 0.457 e. The lowest BCUT2D eigenvalue weighted by molar-refractivity contribution is 0.399. The fourth-order valence-electron chi connectivity index (χ4n) is 17.5. The van der Waals surface area contributed by atoms with E-state index in [-0.39, 0.29) is 0 Å². The molecule has 22 rings (SSSR count). The first-order chi connectivity index (χ1) is 51.1. The second-order valence-electron chi connectivity index (χ2n) is 27.5. The summed E-state index contributed by atoms with van der Waals surface area (Å²) in [7, 11) is 0. The molecule has 2 aliphatic heterocycles. The highest BCUT2D eigenvalue weighted by atomic mass is 16.5. The second kappa shape index (κ2) is 22.2. The summed E-state index contributed by atoms with van der Waals surface area (Å²) in [5.41, 5.74) is 26.3. The highest BCUT2D eigenvalue weighted by Gasteiger charge is 2.50. The van der Waals surface area contributed by atoms with E-state index in [1.54, 1.807) is 0 Å². The average Bonchev–Trinajstić information content (AvgIpc) is 0.974. The van der Waals surface area contributed by atoms with Gasteiger partial charge in [-0.05, 0) is 202 Å². The van der Waals surface area contributed by atoms with Gasteiger partial charge in [0, 0.05) is 88.1 Å². The fraction of sp³-hybridized carbons (Fsp3) is 0.0103. The molecule has 0 bridgehead atoms. The van der Waals surface area contributed by atoms with Crippen LogP contribution in [0.4, 0.5) is 0 Å². The highest BCUT2D eigenvalue weighted by molar-refractivity contribution is 6.16. The van der Waals surface area contributed by atoms with E-state index in [2.05, 4.69) is 382 Å². The molecule has 0 saturated heterocycles. The summed E-state index contributed by atoms with van der Waals surface area (Å²) < 4.78 is 24.0. The summed E-state index contributed by atoms with van der Waals surface area (Å²) in [5, 5.41) is 9.64. The lowest BCUT2D eigenvalue weighted by Gasteiger charge is -2.45. The van der Waals surface area contributed by atoms with Gasteiger partial charge in [0.05, 0.1) is 49.5 Å². The van der Waals surface area contributed by atoms with Gasteiger partial charge in [0.2, 0.25) is 0 Å². The van der Waals surface area contributed by atoms with Gasteiger partial charge in [0.25, 0.3) is 0 Å². The van der Waals surface area contributed by atoms with Gasteiger partial charge in [-0.1, -0.05) is 206 Å². The molecule has 0 saturated carbocycles. The molecule has 0 atom stereocenters. The molecule has 0 radical (unpaired) electrons. The molecule has 6 nitrogen and oxygen atoms in total. The Bertz CT molecular complexity index is 6500. The molecule has 0 aliphatic carbocycles. The Morgan fingerprint density at radius 2 is 0.388 bits per heavy atom. The molecular weight excluding hydrogens is 1250 g/mol. The molecule has 6 heteroatoms. The normalized spacial score (nSPS) is 12.9. The minimum Gasteiger partial charge on any atom is -0.457 e. The van der Waals surface area contributed by atoms with Gasteiger partial charge in [0.15, 0.2) is 0 Å². The topological polar surface area (TPSA) is 38.2 Å². The molecule has 20 aromatic rings. The van der Waals surface area contributed by atoms with Crippen molar-refractivity contribution < 1.29 is 9.47 Å². The van der Waals surface area contributed by atoms with Crippen LogP contribution in [0, 0.1) is 0 Å². The standard InChI is InChI=1S/C97H60N4O2/c1-5-21-69(22-6-1)98-85-33-17-13-29-73(85)75-53-61(39-47-87(75)98)63-41-49-89-77(55-63)79-57-65(43-51-91(79)100(89)71-25-9-3-10-26-71)67-37-45-83-95(59-67)102-93-35-19-15-31-81(93)97(83)82-32-16-20-36-94(82)103-96-60-68(38-46-84(96)97)66-44-52-92-80(58-66)78-56-64(42-50-90(78)101(92)72-27-11-4-12-28-72)62-40-48-88-76(54-62)74-30-14-18-34-86(74)99(88)70-23-7-2-8-24-70/h1-60H. The first kappa shape index (κ1) is 57.2.